The normalized spacial score (nSPS) is 16.0. The highest BCUT2D eigenvalue weighted by Crippen LogP contribution is 2.27. The monoisotopic (exact) mass is 688 g/mol. The molecule has 1 saturated heterocycles. The number of carboxylic acid groups (broad SMARTS) is 3. The number of nitrogens with one attached hydrogen (secondary N) is 1. The molecule has 5 N–H and O–H groups in total. The molecule has 46 heavy (non-hydrogen) atoms. The van der Waals surface area contributed by atoms with Gasteiger partial charge in [0.2, 0.25) is 0 Å². The molecule has 0 aromatic heterocycles. The van der Waals surface area contributed by atoms with E-state index >= 15 is 0 Å². The van der Waals surface area contributed by atoms with Crippen molar-refractivity contribution in [3.63, 3.8) is 0 Å². The van der Waals surface area contributed by atoms with Crippen LogP contribution >= 0.6 is 11.6 Å². The standard InChI is InChI=1S/C25H33ClN2O4.2C2HF3O2/c1-18(24(29)30)22-5-3-4-6-23(22)32-17-25(2,31)16-27-21-11-13-28(14-12-21)15-19-7-9-20(26)10-8-19;2*3-2(4,5)1(6)7/h3-10,18,21,27,31H,11-17H2,1-2H3,(H,29,30);2*(H,6,7)/t18?,25-;;/m0../s1. The Morgan fingerprint density at radius 1 is 0.935 bits per heavy atom. The predicted octanol–water partition coefficient (Wildman–Crippen LogP) is 5.18. The van der Waals surface area contributed by atoms with Crippen LogP contribution in [0.1, 0.15) is 43.7 Å². The van der Waals surface area contributed by atoms with Crippen molar-refractivity contribution in [2.75, 3.05) is 26.2 Å². The molecule has 0 aliphatic carbocycles. The first-order valence-electron chi connectivity index (χ1n) is 13.6. The molecule has 2 aromatic carbocycles. The highest BCUT2D eigenvalue weighted by Gasteiger charge is 2.39. The second-order valence-corrected chi connectivity index (χ2v) is 11.0. The van der Waals surface area contributed by atoms with Gasteiger partial charge in [-0.05, 0) is 63.5 Å². The van der Waals surface area contributed by atoms with E-state index in [0.29, 0.717) is 23.9 Å². The molecule has 0 amide bonds. The van der Waals surface area contributed by atoms with Crippen molar-refractivity contribution in [3.8, 4) is 5.75 Å². The zero-order valence-electron chi connectivity index (χ0n) is 24.7. The largest absolute Gasteiger partial charge is 0.490 e. The van der Waals surface area contributed by atoms with Gasteiger partial charge in [0.25, 0.3) is 0 Å². The number of rotatable bonds is 10. The zero-order chi connectivity index (χ0) is 35.3. The van der Waals surface area contributed by atoms with Crippen molar-refractivity contribution < 1.29 is 65.9 Å². The van der Waals surface area contributed by atoms with Gasteiger partial charge >= 0.3 is 30.3 Å². The second kappa shape index (κ2) is 17.9. The molecule has 10 nitrogen and oxygen atoms in total. The van der Waals surface area contributed by atoms with Crippen molar-refractivity contribution in [1.29, 1.82) is 0 Å². The number of aliphatic hydroxyl groups is 1. The van der Waals surface area contributed by atoms with Crippen LogP contribution < -0.4 is 10.1 Å². The molecule has 1 heterocycles. The van der Waals surface area contributed by atoms with E-state index in [1.54, 1.807) is 38.1 Å². The predicted molar refractivity (Wildman–Crippen MR) is 154 cm³/mol. The van der Waals surface area contributed by atoms with Gasteiger partial charge in [0.15, 0.2) is 0 Å². The number of benzene rings is 2. The van der Waals surface area contributed by atoms with E-state index in [2.05, 4.69) is 22.3 Å². The molecular formula is C29H35ClF6N2O8. The van der Waals surface area contributed by atoms with E-state index in [1.165, 1.54) is 5.56 Å². The molecule has 0 radical (unpaired) electrons. The van der Waals surface area contributed by atoms with E-state index in [-0.39, 0.29) is 6.61 Å². The minimum Gasteiger partial charge on any atom is -0.490 e. The summed E-state index contributed by atoms with van der Waals surface area (Å²) in [6.45, 7) is 6.77. The Morgan fingerprint density at radius 3 is 1.87 bits per heavy atom. The maximum absolute atomic E-state index is 11.3. The number of ether oxygens (including phenoxy) is 1. The summed E-state index contributed by atoms with van der Waals surface area (Å²) in [5.41, 5.74) is 0.801. The lowest BCUT2D eigenvalue weighted by Crippen LogP contribution is -2.49. The quantitative estimate of drug-likeness (QED) is 0.211. The molecule has 258 valence electrons. The van der Waals surface area contributed by atoms with Crippen LogP contribution in [0.4, 0.5) is 26.3 Å². The number of carbonyl (C=O) groups is 3. The molecule has 17 heteroatoms. The molecule has 3 rings (SSSR count). The van der Waals surface area contributed by atoms with Crippen molar-refractivity contribution >= 4 is 29.5 Å². The summed E-state index contributed by atoms with van der Waals surface area (Å²) < 4.78 is 69.3. The zero-order valence-corrected chi connectivity index (χ0v) is 25.5. The molecule has 1 fully saturated rings. The molecule has 2 aromatic rings. The Hall–Kier alpha value is -3.60. The van der Waals surface area contributed by atoms with Gasteiger partial charge < -0.3 is 30.5 Å². The highest BCUT2D eigenvalue weighted by molar-refractivity contribution is 6.30. The third kappa shape index (κ3) is 15.6. The minimum atomic E-state index is -5.08. The summed E-state index contributed by atoms with van der Waals surface area (Å²) >= 11 is 5.96. The Labute approximate surface area is 265 Å². The van der Waals surface area contributed by atoms with Crippen LogP contribution in [-0.4, -0.2) is 93.5 Å². The van der Waals surface area contributed by atoms with Crippen molar-refractivity contribution in [2.24, 2.45) is 0 Å². The average molecular weight is 689 g/mol. The third-order valence-electron chi connectivity index (χ3n) is 6.46. The molecule has 0 saturated carbocycles. The summed E-state index contributed by atoms with van der Waals surface area (Å²) in [7, 11) is 0. The van der Waals surface area contributed by atoms with Crippen LogP contribution in [0.25, 0.3) is 0 Å². The van der Waals surface area contributed by atoms with E-state index in [9.17, 15) is 41.4 Å². The summed E-state index contributed by atoms with van der Waals surface area (Å²) in [4.78, 5) is 31.6. The average Bonchev–Trinajstić information content (AvgIpc) is 2.96. The number of carboxylic acids is 3. The SMILES string of the molecule is CC(C(=O)O)c1ccccc1OC[C@@](C)(O)CNC1CCN(Cc2ccc(Cl)cc2)CC1.O=C(O)C(F)(F)F.O=C(O)C(F)(F)F. The number of halogens is 7. The van der Waals surface area contributed by atoms with Crippen LogP contribution in [0, 0.1) is 0 Å². The van der Waals surface area contributed by atoms with Crippen molar-refractivity contribution in [3.05, 3.63) is 64.7 Å². The summed E-state index contributed by atoms with van der Waals surface area (Å²) in [6, 6.07) is 15.4. The summed E-state index contributed by atoms with van der Waals surface area (Å²) in [5, 5.41) is 38.6. The number of likely N-dealkylation sites (tertiary alicyclic amines) is 1. The summed E-state index contributed by atoms with van der Waals surface area (Å²) in [6.07, 6.45) is -8.13. The van der Waals surface area contributed by atoms with Gasteiger partial charge in [-0.2, -0.15) is 26.3 Å². The maximum Gasteiger partial charge on any atom is 0.490 e. The van der Waals surface area contributed by atoms with E-state index < -0.39 is 41.8 Å². The maximum atomic E-state index is 11.3. The molecule has 0 bridgehead atoms. The Balaban J connectivity index is 0.000000629. The Bertz CT molecular complexity index is 1240. The minimum absolute atomic E-state index is 0.0821. The van der Waals surface area contributed by atoms with Gasteiger partial charge in [0.1, 0.15) is 18.0 Å². The lowest BCUT2D eigenvalue weighted by Gasteiger charge is -2.34. The number of hydrogen-bond acceptors (Lipinski definition) is 7. The topological polar surface area (TPSA) is 157 Å². The molecule has 1 aliphatic heterocycles. The van der Waals surface area contributed by atoms with Gasteiger partial charge in [-0.1, -0.05) is 41.9 Å². The lowest BCUT2D eigenvalue weighted by molar-refractivity contribution is -0.193. The first-order valence-corrected chi connectivity index (χ1v) is 14.0. The molecule has 0 spiro atoms. The fourth-order valence-electron chi connectivity index (χ4n) is 3.89. The van der Waals surface area contributed by atoms with Gasteiger partial charge in [-0.3, -0.25) is 9.69 Å². The third-order valence-corrected chi connectivity index (χ3v) is 6.71. The van der Waals surface area contributed by atoms with Crippen molar-refractivity contribution in [1.82, 2.24) is 10.2 Å². The van der Waals surface area contributed by atoms with E-state index in [1.807, 2.05) is 12.1 Å². The van der Waals surface area contributed by atoms with Crippen LogP contribution in [0.2, 0.25) is 5.02 Å². The van der Waals surface area contributed by atoms with Gasteiger partial charge in [0.05, 0.1) is 5.92 Å². The number of aliphatic carboxylic acids is 3. The molecule has 2 atom stereocenters. The fraction of sp³-hybridized carbons (Fsp3) is 0.483. The van der Waals surface area contributed by atoms with Gasteiger partial charge in [-0.25, -0.2) is 9.59 Å². The Morgan fingerprint density at radius 2 is 1.41 bits per heavy atom. The fourth-order valence-corrected chi connectivity index (χ4v) is 4.02. The van der Waals surface area contributed by atoms with Gasteiger partial charge in [-0.15, -0.1) is 0 Å². The van der Waals surface area contributed by atoms with E-state index in [4.69, 9.17) is 36.1 Å². The lowest BCUT2D eigenvalue weighted by atomic mass is 10.00. The molecular weight excluding hydrogens is 654 g/mol. The Kier molecular flexibility index (Phi) is 15.8. The van der Waals surface area contributed by atoms with Crippen molar-refractivity contribution in [2.45, 2.75) is 63.1 Å². The molecule has 1 aliphatic rings. The van der Waals surface area contributed by atoms with Crippen LogP contribution in [0.3, 0.4) is 0 Å². The number of alkyl halides is 6. The van der Waals surface area contributed by atoms with Crippen LogP contribution in [-0.2, 0) is 20.9 Å². The number of nitrogens with zero attached hydrogens (tertiary/aromatic N) is 1. The highest BCUT2D eigenvalue weighted by atomic mass is 35.5. The first-order chi connectivity index (χ1) is 21.1. The number of para-hydroxylation sites is 1. The van der Waals surface area contributed by atoms with Crippen LogP contribution in [0.5, 0.6) is 5.75 Å². The second-order valence-electron chi connectivity index (χ2n) is 10.5. The van der Waals surface area contributed by atoms with Gasteiger partial charge in [0, 0.05) is 29.7 Å². The summed E-state index contributed by atoms with van der Waals surface area (Å²) in [5.74, 6) is -6.60. The van der Waals surface area contributed by atoms with Crippen LogP contribution in [0.15, 0.2) is 48.5 Å². The smallest absolute Gasteiger partial charge is 0.490 e. The number of piperidine rings is 1. The molecule has 1 unspecified atom stereocenters. The first kappa shape index (κ1) is 40.4. The number of hydrogen-bond donors (Lipinski definition) is 5. The van der Waals surface area contributed by atoms with E-state index in [0.717, 1.165) is 37.5 Å².